The number of nitrogen functional groups attached to an aromatic ring is 1. The van der Waals surface area contributed by atoms with Crippen LogP contribution >= 0.6 is 0 Å². The SMILES string of the molecule is CC(C)(C)OC(=O)CCOCCOCCOCCOCCn1cc(-c2ccc3c(c2)CCN3C(=O)Cc2cccc(OC(F)(F)F)c2)c2c(N)ncnc21. The van der Waals surface area contributed by atoms with E-state index in [1.807, 2.05) is 49.7 Å². The topological polar surface area (TPSA) is 149 Å². The number of anilines is 2. The molecular formula is C38H46F3N5O8. The highest BCUT2D eigenvalue weighted by Crippen LogP contribution is 2.37. The normalized spacial score (nSPS) is 13.0. The zero-order valence-electron chi connectivity index (χ0n) is 30.7. The Hall–Kier alpha value is -4.77. The van der Waals surface area contributed by atoms with Crippen molar-refractivity contribution in [3.05, 3.63) is 66.1 Å². The lowest BCUT2D eigenvalue weighted by Crippen LogP contribution is -2.30. The zero-order valence-corrected chi connectivity index (χ0v) is 30.7. The van der Waals surface area contributed by atoms with E-state index in [1.54, 1.807) is 11.0 Å². The molecule has 5 rings (SSSR count). The average molecular weight is 758 g/mol. The van der Waals surface area contributed by atoms with Crippen LogP contribution in [0.4, 0.5) is 24.7 Å². The van der Waals surface area contributed by atoms with Crippen LogP contribution in [0.1, 0.15) is 38.3 Å². The van der Waals surface area contributed by atoms with Crippen molar-refractivity contribution >= 4 is 34.4 Å². The highest BCUT2D eigenvalue weighted by atomic mass is 19.4. The maximum atomic E-state index is 13.2. The molecule has 0 saturated carbocycles. The highest BCUT2D eigenvalue weighted by Gasteiger charge is 2.31. The summed E-state index contributed by atoms with van der Waals surface area (Å²) < 4.78 is 71.5. The summed E-state index contributed by atoms with van der Waals surface area (Å²) in [4.78, 5) is 35.3. The van der Waals surface area contributed by atoms with Gasteiger partial charge in [-0.2, -0.15) is 0 Å². The summed E-state index contributed by atoms with van der Waals surface area (Å²) in [5, 5.41) is 0.709. The number of hydrogen-bond acceptors (Lipinski definition) is 11. The third-order valence-corrected chi connectivity index (χ3v) is 8.22. The fourth-order valence-electron chi connectivity index (χ4n) is 5.96. The van der Waals surface area contributed by atoms with E-state index in [0.717, 1.165) is 22.4 Å². The van der Waals surface area contributed by atoms with Gasteiger partial charge in [-0.25, -0.2) is 9.97 Å². The molecule has 0 radical (unpaired) electrons. The molecule has 0 bridgehead atoms. The molecular weight excluding hydrogens is 711 g/mol. The molecule has 0 spiro atoms. The number of esters is 1. The minimum absolute atomic E-state index is 0.0724. The molecule has 1 aliphatic rings. The van der Waals surface area contributed by atoms with Crippen molar-refractivity contribution in [2.24, 2.45) is 0 Å². The van der Waals surface area contributed by atoms with Crippen LogP contribution in [-0.4, -0.2) is 97.8 Å². The lowest BCUT2D eigenvalue weighted by molar-refractivity contribution is -0.274. The zero-order chi connectivity index (χ0) is 38.7. The summed E-state index contributed by atoms with van der Waals surface area (Å²) in [5.74, 6) is -0.548. The smallest absolute Gasteiger partial charge is 0.460 e. The van der Waals surface area contributed by atoms with Gasteiger partial charge in [-0.05, 0) is 68.1 Å². The molecule has 2 aromatic heterocycles. The van der Waals surface area contributed by atoms with E-state index in [9.17, 15) is 22.8 Å². The summed E-state index contributed by atoms with van der Waals surface area (Å²) in [6, 6.07) is 11.3. The molecule has 54 heavy (non-hydrogen) atoms. The van der Waals surface area contributed by atoms with E-state index in [4.69, 9.17) is 29.4 Å². The Bertz CT molecular complexity index is 1880. The number of fused-ring (bicyclic) bond motifs is 2. The quantitative estimate of drug-likeness (QED) is 0.0954. The van der Waals surface area contributed by atoms with Gasteiger partial charge in [0.2, 0.25) is 5.91 Å². The van der Waals surface area contributed by atoms with Crippen molar-refractivity contribution in [1.29, 1.82) is 0 Å². The predicted molar refractivity (Wildman–Crippen MR) is 194 cm³/mol. The summed E-state index contributed by atoms with van der Waals surface area (Å²) in [5.41, 5.74) is 10.4. The molecule has 2 aromatic carbocycles. The standard InChI is InChI=1S/C38H46F3N5O8/c1-37(2,3)54-33(48)10-13-49-15-17-51-19-20-52-18-16-50-14-12-45-24-30(34-35(42)43-25-44-36(34)45)27-7-8-31-28(23-27)9-11-46(31)32(47)22-26-5-4-6-29(21-26)53-38(39,40)41/h4-8,21,23-25H,9-20,22H2,1-3H3,(H2,42,43,44). The fourth-order valence-corrected chi connectivity index (χ4v) is 5.96. The number of amides is 1. The number of carbonyl (C=O) groups is 2. The van der Waals surface area contributed by atoms with Crippen LogP contribution in [0.15, 0.2) is 55.0 Å². The lowest BCUT2D eigenvalue weighted by atomic mass is 10.0. The Morgan fingerprint density at radius 3 is 2.24 bits per heavy atom. The highest BCUT2D eigenvalue weighted by molar-refractivity contribution is 6.02. The molecule has 16 heteroatoms. The summed E-state index contributed by atoms with van der Waals surface area (Å²) in [6.07, 6.45) is -0.695. The molecule has 0 saturated heterocycles. The molecule has 0 unspecified atom stereocenters. The second kappa shape index (κ2) is 18.5. The van der Waals surface area contributed by atoms with Gasteiger partial charge in [-0.15, -0.1) is 13.2 Å². The van der Waals surface area contributed by atoms with Crippen molar-refractivity contribution in [1.82, 2.24) is 14.5 Å². The van der Waals surface area contributed by atoms with E-state index >= 15 is 0 Å². The van der Waals surface area contributed by atoms with E-state index in [1.165, 1.54) is 24.5 Å². The third-order valence-electron chi connectivity index (χ3n) is 8.22. The van der Waals surface area contributed by atoms with Crippen LogP contribution in [0.25, 0.3) is 22.2 Å². The first-order valence-corrected chi connectivity index (χ1v) is 17.7. The van der Waals surface area contributed by atoms with Gasteiger partial charge in [0.25, 0.3) is 0 Å². The van der Waals surface area contributed by atoms with Crippen LogP contribution in [0.2, 0.25) is 0 Å². The number of alkyl halides is 3. The monoisotopic (exact) mass is 757 g/mol. The number of nitrogens with two attached hydrogens (primary N) is 1. The predicted octanol–water partition coefficient (Wildman–Crippen LogP) is 5.51. The van der Waals surface area contributed by atoms with Gasteiger partial charge in [0.1, 0.15) is 29.1 Å². The Balaban J connectivity index is 1.06. The minimum atomic E-state index is -4.82. The van der Waals surface area contributed by atoms with E-state index in [0.29, 0.717) is 88.2 Å². The first-order chi connectivity index (χ1) is 25.8. The van der Waals surface area contributed by atoms with Crippen LogP contribution in [0, 0.1) is 0 Å². The Morgan fingerprint density at radius 1 is 0.870 bits per heavy atom. The van der Waals surface area contributed by atoms with Crippen LogP contribution in [-0.2, 0) is 52.7 Å². The van der Waals surface area contributed by atoms with E-state index in [2.05, 4.69) is 14.7 Å². The first-order valence-electron chi connectivity index (χ1n) is 17.7. The molecule has 292 valence electrons. The van der Waals surface area contributed by atoms with Crippen LogP contribution in [0.5, 0.6) is 5.75 Å². The van der Waals surface area contributed by atoms with Gasteiger partial charge >= 0.3 is 12.3 Å². The van der Waals surface area contributed by atoms with Gasteiger partial charge in [0, 0.05) is 30.5 Å². The van der Waals surface area contributed by atoms with Crippen LogP contribution in [0.3, 0.4) is 0 Å². The van der Waals surface area contributed by atoms with Gasteiger partial charge in [0.05, 0.1) is 71.1 Å². The number of hydrogen-bond donors (Lipinski definition) is 1. The average Bonchev–Trinajstić information content (AvgIpc) is 3.69. The van der Waals surface area contributed by atoms with Gasteiger partial charge in [-0.3, -0.25) is 9.59 Å². The van der Waals surface area contributed by atoms with Crippen molar-refractivity contribution in [2.45, 2.75) is 58.5 Å². The maximum Gasteiger partial charge on any atom is 0.573 e. The number of rotatable bonds is 19. The third kappa shape index (κ3) is 11.9. The fraction of sp³-hybridized carbons (Fsp3) is 0.474. The first kappa shape index (κ1) is 40.4. The number of carbonyl (C=O) groups excluding carboxylic acids is 2. The Morgan fingerprint density at radius 2 is 1.56 bits per heavy atom. The second-order valence-electron chi connectivity index (χ2n) is 13.5. The van der Waals surface area contributed by atoms with Crippen molar-refractivity contribution in [3.63, 3.8) is 0 Å². The maximum absolute atomic E-state index is 13.2. The van der Waals surface area contributed by atoms with E-state index < -0.39 is 12.0 Å². The number of nitrogens with zero attached hydrogens (tertiary/aromatic N) is 4. The molecule has 13 nitrogen and oxygen atoms in total. The molecule has 1 aliphatic heterocycles. The summed E-state index contributed by atoms with van der Waals surface area (Å²) >= 11 is 0. The van der Waals surface area contributed by atoms with Gasteiger partial charge < -0.3 is 43.6 Å². The van der Waals surface area contributed by atoms with Crippen molar-refractivity contribution in [2.75, 3.05) is 70.0 Å². The molecule has 3 heterocycles. The molecule has 0 aliphatic carbocycles. The number of halogens is 3. The van der Waals surface area contributed by atoms with Crippen LogP contribution < -0.4 is 15.4 Å². The van der Waals surface area contributed by atoms with E-state index in [-0.39, 0.29) is 37.1 Å². The van der Waals surface area contributed by atoms with Gasteiger partial charge in [0.15, 0.2) is 0 Å². The van der Waals surface area contributed by atoms with Gasteiger partial charge in [-0.1, -0.05) is 18.2 Å². The summed E-state index contributed by atoms with van der Waals surface area (Å²) in [6.45, 7) is 9.48. The Labute approximate surface area is 311 Å². The molecule has 4 aromatic rings. The second-order valence-corrected chi connectivity index (χ2v) is 13.5. The number of benzene rings is 2. The van der Waals surface area contributed by atoms with Crippen molar-refractivity contribution in [3.8, 4) is 16.9 Å². The number of ether oxygens (including phenoxy) is 6. The molecule has 0 atom stereocenters. The lowest BCUT2D eigenvalue weighted by Gasteiger charge is -2.19. The molecule has 0 fully saturated rings. The molecule has 2 N–H and O–H groups in total. The van der Waals surface area contributed by atoms with Crippen molar-refractivity contribution < 1.29 is 51.2 Å². The minimum Gasteiger partial charge on any atom is -0.460 e. The Kier molecular flexibility index (Phi) is 13.9. The largest absolute Gasteiger partial charge is 0.573 e. The molecule has 1 amide bonds. The summed E-state index contributed by atoms with van der Waals surface area (Å²) in [7, 11) is 0. The number of aromatic nitrogens is 3.